The maximum atomic E-state index is 2.53. The molecular weight excluding hydrogens is 276 g/mol. The Labute approximate surface area is 148 Å². The zero-order valence-electron chi connectivity index (χ0n) is 17.5. The molecule has 0 aliphatic heterocycles. The molecule has 0 amide bonds. The molecule has 0 aromatic heterocycles. The Morgan fingerprint density at radius 2 is 1.43 bits per heavy atom. The van der Waals surface area contributed by atoms with Crippen molar-refractivity contribution in [2.45, 2.75) is 113 Å². The molecule has 1 aliphatic rings. The van der Waals surface area contributed by atoms with E-state index in [1.165, 1.54) is 64.2 Å². The molecule has 4 unspecified atom stereocenters. The van der Waals surface area contributed by atoms with Crippen LogP contribution in [0, 0.1) is 35.0 Å². The van der Waals surface area contributed by atoms with Gasteiger partial charge in [0.15, 0.2) is 0 Å². The van der Waals surface area contributed by atoms with Gasteiger partial charge < -0.3 is 0 Å². The van der Waals surface area contributed by atoms with Crippen LogP contribution in [0.15, 0.2) is 0 Å². The lowest BCUT2D eigenvalue weighted by molar-refractivity contribution is 0.258. The van der Waals surface area contributed by atoms with Gasteiger partial charge in [-0.25, -0.2) is 0 Å². The summed E-state index contributed by atoms with van der Waals surface area (Å²) < 4.78 is 0. The number of unbranched alkanes of at least 4 members (excludes halogenated alkanes) is 1. The van der Waals surface area contributed by atoms with E-state index in [0.29, 0.717) is 0 Å². The molecular formula is C23H46. The van der Waals surface area contributed by atoms with Crippen molar-refractivity contribution in [1.29, 1.82) is 0 Å². The van der Waals surface area contributed by atoms with E-state index in [9.17, 15) is 0 Å². The summed E-state index contributed by atoms with van der Waals surface area (Å²) in [4.78, 5) is 0. The lowest BCUT2D eigenvalue weighted by Crippen LogP contribution is -2.14. The van der Waals surface area contributed by atoms with Crippen LogP contribution < -0.4 is 0 Å². The van der Waals surface area contributed by atoms with E-state index >= 15 is 0 Å². The number of rotatable bonds is 13. The van der Waals surface area contributed by atoms with E-state index in [2.05, 4.69) is 48.5 Å². The highest BCUT2D eigenvalue weighted by Crippen LogP contribution is 2.57. The minimum absolute atomic E-state index is 0.728. The molecule has 23 heavy (non-hydrogen) atoms. The summed E-state index contributed by atoms with van der Waals surface area (Å²) >= 11 is 0. The van der Waals surface area contributed by atoms with Crippen LogP contribution in [0.1, 0.15) is 113 Å². The molecule has 1 aliphatic carbocycles. The van der Waals surface area contributed by atoms with Gasteiger partial charge in [-0.2, -0.15) is 0 Å². The van der Waals surface area contributed by atoms with E-state index in [4.69, 9.17) is 0 Å². The molecule has 4 atom stereocenters. The van der Waals surface area contributed by atoms with Crippen molar-refractivity contribution in [2.75, 3.05) is 0 Å². The Balaban J connectivity index is 2.30. The second-order valence-corrected chi connectivity index (χ2v) is 9.89. The van der Waals surface area contributed by atoms with Crippen molar-refractivity contribution in [3.63, 3.8) is 0 Å². The van der Waals surface area contributed by atoms with Crippen LogP contribution in [-0.4, -0.2) is 0 Å². The Bertz CT molecular complexity index is 303. The molecule has 0 bridgehead atoms. The SMILES string of the molecule is CCC1CC1(C)CCCCC(CCC(C)C)C(C)CCC(C)C. The van der Waals surface area contributed by atoms with Crippen molar-refractivity contribution in [1.82, 2.24) is 0 Å². The van der Waals surface area contributed by atoms with Gasteiger partial charge in [0.25, 0.3) is 0 Å². The second kappa shape index (κ2) is 10.1. The van der Waals surface area contributed by atoms with Crippen LogP contribution >= 0.6 is 0 Å². The minimum Gasteiger partial charge on any atom is -0.0651 e. The van der Waals surface area contributed by atoms with Crippen molar-refractivity contribution in [3.05, 3.63) is 0 Å². The molecule has 0 aromatic rings. The Morgan fingerprint density at radius 1 is 0.826 bits per heavy atom. The molecule has 0 aromatic carbocycles. The van der Waals surface area contributed by atoms with E-state index in [-0.39, 0.29) is 0 Å². The average Bonchev–Trinajstić information content (AvgIpc) is 3.14. The molecule has 0 nitrogen and oxygen atoms in total. The zero-order chi connectivity index (χ0) is 17.5. The van der Waals surface area contributed by atoms with Crippen LogP contribution in [0.25, 0.3) is 0 Å². The summed E-state index contributed by atoms with van der Waals surface area (Å²) in [5, 5.41) is 0. The van der Waals surface area contributed by atoms with Crippen LogP contribution in [0.3, 0.4) is 0 Å². The van der Waals surface area contributed by atoms with Gasteiger partial charge >= 0.3 is 0 Å². The smallest absolute Gasteiger partial charge is 0.0295 e. The summed E-state index contributed by atoms with van der Waals surface area (Å²) in [6, 6.07) is 0. The molecule has 0 heterocycles. The van der Waals surface area contributed by atoms with Crippen LogP contribution in [-0.2, 0) is 0 Å². The zero-order valence-corrected chi connectivity index (χ0v) is 17.5. The standard InChI is InChI=1S/C23H46/c1-8-22-17-23(22,7)16-10-9-11-21(15-13-19(4)5)20(6)14-12-18(2)3/h18-22H,8-17H2,1-7H3. The molecule has 0 N–H and O–H groups in total. The van der Waals surface area contributed by atoms with Gasteiger partial charge in [-0.05, 0) is 54.3 Å². The molecule has 0 heteroatoms. The lowest BCUT2D eigenvalue weighted by atomic mass is 9.80. The van der Waals surface area contributed by atoms with Crippen molar-refractivity contribution < 1.29 is 0 Å². The van der Waals surface area contributed by atoms with Crippen molar-refractivity contribution >= 4 is 0 Å². The van der Waals surface area contributed by atoms with Gasteiger partial charge in [0.05, 0.1) is 0 Å². The topological polar surface area (TPSA) is 0 Å². The van der Waals surface area contributed by atoms with Gasteiger partial charge in [-0.15, -0.1) is 0 Å². The summed E-state index contributed by atoms with van der Waals surface area (Å²) in [6.07, 6.45) is 14.6. The first kappa shape index (κ1) is 21.0. The van der Waals surface area contributed by atoms with Gasteiger partial charge in [-0.1, -0.05) is 93.4 Å². The fraction of sp³-hybridized carbons (Fsp3) is 1.00. The monoisotopic (exact) mass is 322 g/mol. The maximum absolute atomic E-state index is 2.53. The highest BCUT2D eigenvalue weighted by molar-refractivity contribution is 4.97. The first-order valence-electron chi connectivity index (χ1n) is 10.8. The quantitative estimate of drug-likeness (QED) is 0.300. The summed E-state index contributed by atoms with van der Waals surface area (Å²) in [5.41, 5.74) is 0.728. The lowest BCUT2D eigenvalue weighted by Gasteiger charge is -2.26. The highest BCUT2D eigenvalue weighted by atomic mass is 14.5. The first-order valence-corrected chi connectivity index (χ1v) is 10.8. The van der Waals surface area contributed by atoms with Crippen molar-refractivity contribution in [2.24, 2.45) is 35.0 Å². The Hall–Kier alpha value is 0. The molecule has 0 spiro atoms. The van der Waals surface area contributed by atoms with Gasteiger partial charge in [0, 0.05) is 0 Å². The Morgan fingerprint density at radius 3 is 1.96 bits per heavy atom. The Kier molecular flexibility index (Phi) is 9.24. The summed E-state index contributed by atoms with van der Waals surface area (Å²) in [6.45, 7) is 16.9. The molecule has 1 rings (SSSR count). The third-order valence-corrected chi connectivity index (χ3v) is 6.72. The predicted molar refractivity (Wildman–Crippen MR) is 106 cm³/mol. The van der Waals surface area contributed by atoms with Gasteiger partial charge in [0.2, 0.25) is 0 Å². The molecule has 0 radical (unpaired) electrons. The summed E-state index contributed by atoms with van der Waals surface area (Å²) in [7, 11) is 0. The fourth-order valence-electron chi connectivity index (χ4n) is 4.48. The molecule has 1 fully saturated rings. The summed E-state index contributed by atoms with van der Waals surface area (Å²) in [5.74, 6) is 4.68. The average molecular weight is 323 g/mol. The van der Waals surface area contributed by atoms with Crippen molar-refractivity contribution in [3.8, 4) is 0 Å². The second-order valence-electron chi connectivity index (χ2n) is 9.89. The van der Waals surface area contributed by atoms with E-state index in [1.54, 1.807) is 0 Å². The fourth-order valence-corrected chi connectivity index (χ4v) is 4.48. The normalized spacial score (nSPS) is 26.7. The van der Waals surface area contributed by atoms with E-state index in [0.717, 1.165) is 35.0 Å². The van der Waals surface area contributed by atoms with E-state index < -0.39 is 0 Å². The van der Waals surface area contributed by atoms with Crippen LogP contribution in [0.4, 0.5) is 0 Å². The molecule has 138 valence electrons. The van der Waals surface area contributed by atoms with Gasteiger partial charge in [-0.3, -0.25) is 0 Å². The third kappa shape index (κ3) is 8.08. The molecule has 1 saturated carbocycles. The first-order chi connectivity index (χ1) is 10.8. The molecule has 0 saturated heterocycles. The highest BCUT2D eigenvalue weighted by Gasteiger charge is 2.47. The number of hydrogen-bond acceptors (Lipinski definition) is 0. The third-order valence-electron chi connectivity index (χ3n) is 6.72. The predicted octanol–water partition coefficient (Wildman–Crippen LogP) is 8.11. The number of hydrogen-bond donors (Lipinski definition) is 0. The van der Waals surface area contributed by atoms with E-state index in [1.807, 2.05) is 0 Å². The minimum atomic E-state index is 0.728. The maximum Gasteiger partial charge on any atom is -0.0295 e. The van der Waals surface area contributed by atoms with Crippen LogP contribution in [0.5, 0.6) is 0 Å². The van der Waals surface area contributed by atoms with Crippen LogP contribution in [0.2, 0.25) is 0 Å². The largest absolute Gasteiger partial charge is 0.0651 e. The van der Waals surface area contributed by atoms with Gasteiger partial charge in [0.1, 0.15) is 0 Å².